The Hall–Kier alpha value is -0.930. The second kappa shape index (κ2) is 15.1. The largest absolute Gasteiger partial charge is 0.378 e. The minimum atomic E-state index is 0.120. The van der Waals surface area contributed by atoms with Crippen molar-refractivity contribution in [1.29, 1.82) is 0 Å². The number of aldehydes is 1. The maximum Gasteiger partial charge on any atom is 0.145 e. The van der Waals surface area contributed by atoms with Gasteiger partial charge in [0.1, 0.15) is 12.9 Å². The zero-order valence-corrected chi connectivity index (χ0v) is 10.1. The molecule has 0 aliphatic heterocycles. The third-order valence-electron chi connectivity index (χ3n) is 1.69. The molecule has 0 rings (SSSR count). The molecule has 0 N–H and O–H groups in total. The van der Waals surface area contributed by atoms with Crippen LogP contribution in [0.3, 0.4) is 0 Å². The molecule has 17 heavy (non-hydrogen) atoms. The van der Waals surface area contributed by atoms with Gasteiger partial charge in [0.15, 0.2) is 0 Å². The summed E-state index contributed by atoms with van der Waals surface area (Å²) in [6, 6.07) is 0. The molecule has 0 aromatic carbocycles. The summed E-state index contributed by atoms with van der Waals surface area (Å²) in [6.45, 7) is 3.70. The van der Waals surface area contributed by atoms with Gasteiger partial charge >= 0.3 is 0 Å². The van der Waals surface area contributed by atoms with Crippen molar-refractivity contribution in [2.45, 2.75) is 6.42 Å². The SMILES string of the molecule is C#CCCOCCOCCOCCOCC=O. The van der Waals surface area contributed by atoms with Crippen LogP contribution in [0.5, 0.6) is 0 Å². The van der Waals surface area contributed by atoms with E-state index in [4.69, 9.17) is 25.4 Å². The quantitative estimate of drug-likeness (QED) is 0.264. The van der Waals surface area contributed by atoms with E-state index in [-0.39, 0.29) is 6.61 Å². The summed E-state index contributed by atoms with van der Waals surface area (Å²) in [5.74, 6) is 2.49. The molecule has 0 aliphatic carbocycles. The first-order valence-electron chi connectivity index (χ1n) is 5.60. The van der Waals surface area contributed by atoms with Crippen LogP contribution < -0.4 is 0 Å². The average Bonchev–Trinajstić information content (AvgIpc) is 2.35. The summed E-state index contributed by atoms with van der Waals surface area (Å²) in [7, 11) is 0. The fourth-order valence-corrected chi connectivity index (χ4v) is 0.922. The first kappa shape index (κ1) is 16.1. The lowest BCUT2D eigenvalue weighted by Gasteiger charge is -2.06. The highest BCUT2D eigenvalue weighted by molar-refractivity contribution is 5.50. The van der Waals surface area contributed by atoms with Crippen molar-refractivity contribution < 1.29 is 23.7 Å². The molecule has 0 fully saturated rings. The van der Waals surface area contributed by atoms with Gasteiger partial charge in [-0.2, -0.15) is 0 Å². The highest BCUT2D eigenvalue weighted by atomic mass is 16.6. The van der Waals surface area contributed by atoms with Crippen LogP contribution in [0.25, 0.3) is 0 Å². The fourth-order valence-electron chi connectivity index (χ4n) is 0.922. The molecular formula is C12H20O5. The van der Waals surface area contributed by atoms with E-state index in [1.165, 1.54) is 0 Å². The summed E-state index contributed by atoms with van der Waals surface area (Å²) in [5, 5.41) is 0. The van der Waals surface area contributed by atoms with Crippen LogP contribution in [-0.4, -0.2) is 59.1 Å². The highest BCUT2D eigenvalue weighted by Gasteiger charge is 1.91. The summed E-state index contributed by atoms with van der Waals surface area (Å²) < 4.78 is 20.5. The van der Waals surface area contributed by atoms with Crippen molar-refractivity contribution >= 4 is 6.29 Å². The van der Waals surface area contributed by atoms with E-state index >= 15 is 0 Å². The van der Waals surface area contributed by atoms with Gasteiger partial charge < -0.3 is 23.7 Å². The lowest BCUT2D eigenvalue weighted by molar-refractivity contribution is -0.112. The topological polar surface area (TPSA) is 54.0 Å². The van der Waals surface area contributed by atoms with Gasteiger partial charge in [0, 0.05) is 6.42 Å². The zero-order chi connectivity index (χ0) is 12.6. The molecular weight excluding hydrogens is 224 g/mol. The number of hydrogen-bond acceptors (Lipinski definition) is 5. The first-order chi connectivity index (χ1) is 8.41. The van der Waals surface area contributed by atoms with Crippen LogP contribution in [-0.2, 0) is 23.7 Å². The Bertz CT molecular complexity index is 200. The Morgan fingerprint density at radius 1 is 0.824 bits per heavy atom. The molecule has 0 atom stereocenters. The molecule has 98 valence electrons. The minimum absolute atomic E-state index is 0.120. The third-order valence-corrected chi connectivity index (χ3v) is 1.69. The van der Waals surface area contributed by atoms with Crippen molar-refractivity contribution in [3.63, 3.8) is 0 Å². The summed E-state index contributed by atoms with van der Waals surface area (Å²) in [4.78, 5) is 9.90. The predicted molar refractivity (Wildman–Crippen MR) is 62.8 cm³/mol. The number of carbonyl (C=O) groups is 1. The molecule has 0 radical (unpaired) electrons. The molecule has 0 unspecified atom stereocenters. The molecule has 0 saturated carbocycles. The van der Waals surface area contributed by atoms with E-state index in [1.54, 1.807) is 0 Å². The fraction of sp³-hybridized carbons (Fsp3) is 0.750. The number of hydrogen-bond donors (Lipinski definition) is 0. The Morgan fingerprint density at radius 3 is 1.76 bits per heavy atom. The predicted octanol–water partition coefficient (Wildman–Crippen LogP) is 0.275. The minimum Gasteiger partial charge on any atom is -0.378 e. The maximum absolute atomic E-state index is 9.90. The molecule has 0 saturated heterocycles. The molecule has 0 bridgehead atoms. The Labute approximate surface area is 102 Å². The lowest BCUT2D eigenvalue weighted by Crippen LogP contribution is -2.12. The number of carbonyl (C=O) groups excluding carboxylic acids is 1. The molecule has 5 heteroatoms. The first-order valence-corrected chi connectivity index (χ1v) is 5.60. The second-order valence-corrected chi connectivity index (χ2v) is 3.03. The van der Waals surface area contributed by atoms with E-state index in [0.29, 0.717) is 59.0 Å². The molecule has 0 aliphatic rings. The van der Waals surface area contributed by atoms with Gasteiger partial charge in [-0.05, 0) is 0 Å². The van der Waals surface area contributed by atoms with Gasteiger partial charge in [-0.25, -0.2) is 0 Å². The Balaban J connectivity index is 2.89. The van der Waals surface area contributed by atoms with Crippen LogP contribution >= 0.6 is 0 Å². The van der Waals surface area contributed by atoms with E-state index in [0.717, 1.165) is 0 Å². The number of ether oxygens (including phenoxy) is 4. The van der Waals surface area contributed by atoms with Crippen molar-refractivity contribution in [2.75, 3.05) is 52.9 Å². The maximum atomic E-state index is 9.90. The molecule has 5 nitrogen and oxygen atoms in total. The molecule has 0 amide bonds. The molecule has 0 spiro atoms. The van der Waals surface area contributed by atoms with Crippen molar-refractivity contribution in [2.24, 2.45) is 0 Å². The van der Waals surface area contributed by atoms with Gasteiger partial charge in [-0.3, -0.25) is 0 Å². The number of terminal acetylenes is 1. The van der Waals surface area contributed by atoms with E-state index in [9.17, 15) is 4.79 Å². The van der Waals surface area contributed by atoms with Gasteiger partial charge in [0.05, 0.1) is 46.2 Å². The van der Waals surface area contributed by atoms with E-state index in [2.05, 4.69) is 5.92 Å². The van der Waals surface area contributed by atoms with Crippen molar-refractivity contribution in [3.05, 3.63) is 0 Å². The van der Waals surface area contributed by atoms with Gasteiger partial charge in [-0.15, -0.1) is 12.3 Å². The summed E-state index contributed by atoms with van der Waals surface area (Å²) in [5.41, 5.74) is 0. The summed E-state index contributed by atoms with van der Waals surface area (Å²) in [6.07, 6.45) is 6.40. The van der Waals surface area contributed by atoms with Gasteiger partial charge in [-0.1, -0.05) is 0 Å². The van der Waals surface area contributed by atoms with Crippen molar-refractivity contribution in [3.8, 4) is 12.3 Å². The van der Waals surface area contributed by atoms with Crippen molar-refractivity contribution in [1.82, 2.24) is 0 Å². The zero-order valence-electron chi connectivity index (χ0n) is 10.1. The highest BCUT2D eigenvalue weighted by Crippen LogP contribution is 1.83. The Morgan fingerprint density at radius 2 is 1.29 bits per heavy atom. The standard InChI is InChI=1S/C12H20O5/c1-2-3-5-14-7-9-16-11-12-17-10-8-15-6-4-13/h1,4H,3,5-12H2. The van der Waals surface area contributed by atoms with E-state index < -0.39 is 0 Å². The van der Waals surface area contributed by atoms with Gasteiger partial charge in [0.25, 0.3) is 0 Å². The second-order valence-electron chi connectivity index (χ2n) is 3.03. The number of rotatable bonds is 13. The van der Waals surface area contributed by atoms with Crippen LogP contribution in [0.1, 0.15) is 6.42 Å². The molecule has 0 aromatic heterocycles. The average molecular weight is 244 g/mol. The smallest absolute Gasteiger partial charge is 0.145 e. The van der Waals surface area contributed by atoms with Crippen LogP contribution in [0.15, 0.2) is 0 Å². The van der Waals surface area contributed by atoms with Crippen LogP contribution in [0, 0.1) is 12.3 Å². The third kappa shape index (κ3) is 15.1. The molecule has 0 heterocycles. The monoisotopic (exact) mass is 244 g/mol. The lowest BCUT2D eigenvalue weighted by atomic mass is 10.5. The van der Waals surface area contributed by atoms with Crippen LogP contribution in [0.4, 0.5) is 0 Å². The summed E-state index contributed by atoms with van der Waals surface area (Å²) >= 11 is 0. The Kier molecular flexibility index (Phi) is 14.2. The normalized spacial score (nSPS) is 10.1. The van der Waals surface area contributed by atoms with E-state index in [1.807, 2.05) is 0 Å². The van der Waals surface area contributed by atoms with Gasteiger partial charge in [0.2, 0.25) is 0 Å². The molecule has 0 aromatic rings. The van der Waals surface area contributed by atoms with Crippen LogP contribution in [0.2, 0.25) is 0 Å².